The average Bonchev–Trinajstić information content (AvgIpc) is 3.42. The molecule has 176 valence electrons. The monoisotopic (exact) mass is 487 g/mol. The smallest absolute Gasteiger partial charge is 0.315 e. The zero-order valence-electron chi connectivity index (χ0n) is 19.1. The van der Waals surface area contributed by atoms with Crippen LogP contribution in [0.3, 0.4) is 0 Å². The number of hydrogen-bond acceptors (Lipinski definition) is 7. The predicted molar refractivity (Wildman–Crippen MR) is 132 cm³/mol. The fourth-order valence-corrected chi connectivity index (χ4v) is 6.16. The van der Waals surface area contributed by atoms with Gasteiger partial charge in [0.2, 0.25) is 5.91 Å². The highest BCUT2D eigenvalue weighted by Crippen LogP contribution is 2.34. The van der Waals surface area contributed by atoms with Gasteiger partial charge in [0.1, 0.15) is 5.76 Å². The largest absolute Gasteiger partial charge is 0.361 e. The van der Waals surface area contributed by atoms with Crippen LogP contribution in [0.15, 0.2) is 27.1 Å². The highest BCUT2D eigenvalue weighted by atomic mass is 32.2. The molecule has 8 nitrogen and oxygen atoms in total. The molecule has 0 aliphatic carbocycles. The molecule has 3 N–H and O–H groups in total. The first-order chi connectivity index (χ1) is 15.9. The van der Waals surface area contributed by atoms with Gasteiger partial charge in [0, 0.05) is 29.5 Å². The third-order valence-electron chi connectivity index (χ3n) is 5.87. The molecule has 4 rings (SSSR count). The lowest BCUT2D eigenvalue weighted by Crippen LogP contribution is -2.30. The summed E-state index contributed by atoms with van der Waals surface area (Å²) in [5.41, 5.74) is 3.77. The highest BCUT2D eigenvalue weighted by Gasteiger charge is 2.26. The van der Waals surface area contributed by atoms with E-state index in [0.29, 0.717) is 6.42 Å². The second-order valence-corrected chi connectivity index (χ2v) is 10.7. The molecule has 0 radical (unpaired) electrons. The maximum atomic E-state index is 12.4. The zero-order chi connectivity index (χ0) is 23.4. The summed E-state index contributed by atoms with van der Waals surface area (Å²) in [7, 11) is 0. The number of hydrogen-bond donors (Lipinski definition) is 3. The van der Waals surface area contributed by atoms with Gasteiger partial charge in [-0.15, -0.1) is 11.3 Å². The topological polar surface area (TPSA) is 109 Å². The standard InChI is InChI=1S/C23H29N5O3S2/c1-13-17(15(3)31-28-13)12-32-23-27-19-10-9-16(11-20(19)33-23)25-21(29)8-6-4-5-7-18-14(2)24-22(30)26-18/h9-11,14,18H,4-8,12H2,1-3H3,(H,25,29)(H2,24,26,30). The summed E-state index contributed by atoms with van der Waals surface area (Å²) in [6.07, 6.45) is 4.21. The number of thiazole rings is 1. The van der Waals surface area contributed by atoms with E-state index in [9.17, 15) is 9.59 Å². The van der Waals surface area contributed by atoms with E-state index < -0.39 is 0 Å². The third-order valence-corrected chi connectivity index (χ3v) is 8.06. The molecule has 10 heteroatoms. The van der Waals surface area contributed by atoms with Crippen LogP contribution in [0.25, 0.3) is 10.2 Å². The van der Waals surface area contributed by atoms with Crippen LogP contribution < -0.4 is 16.0 Å². The molecule has 3 aromatic rings. The van der Waals surface area contributed by atoms with Crippen LogP contribution in [0.4, 0.5) is 10.5 Å². The molecular formula is C23H29N5O3S2. The maximum Gasteiger partial charge on any atom is 0.315 e. The molecule has 1 fully saturated rings. The van der Waals surface area contributed by atoms with E-state index in [1.807, 2.05) is 39.0 Å². The first-order valence-corrected chi connectivity index (χ1v) is 13.0. The molecule has 0 spiro atoms. The Morgan fingerprint density at radius 1 is 1.24 bits per heavy atom. The van der Waals surface area contributed by atoms with Crippen LogP contribution in [-0.4, -0.2) is 34.2 Å². The van der Waals surface area contributed by atoms with Crippen molar-refractivity contribution in [2.24, 2.45) is 0 Å². The maximum absolute atomic E-state index is 12.4. The van der Waals surface area contributed by atoms with Crippen LogP contribution in [0.2, 0.25) is 0 Å². The molecule has 33 heavy (non-hydrogen) atoms. The molecule has 0 saturated carbocycles. The fraction of sp³-hybridized carbons (Fsp3) is 0.478. The Hall–Kier alpha value is -2.59. The average molecular weight is 488 g/mol. The van der Waals surface area contributed by atoms with E-state index in [1.54, 1.807) is 23.1 Å². The number of unbranched alkanes of at least 4 members (excludes halogenated alkanes) is 2. The number of rotatable bonds is 10. The molecule has 2 unspecified atom stereocenters. The van der Waals surface area contributed by atoms with Crippen LogP contribution in [0.5, 0.6) is 0 Å². The Morgan fingerprint density at radius 3 is 2.82 bits per heavy atom. The summed E-state index contributed by atoms with van der Waals surface area (Å²) in [4.78, 5) is 28.4. The number of nitrogens with zero attached hydrogens (tertiary/aromatic N) is 2. The fourth-order valence-electron chi connectivity index (χ4n) is 3.90. The van der Waals surface area contributed by atoms with Crippen molar-refractivity contribution in [3.05, 3.63) is 35.2 Å². The normalized spacial score (nSPS) is 17.8. The molecule has 1 saturated heterocycles. The van der Waals surface area contributed by atoms with Crippen molar-refractivity contribution in [2.45, 2.75) is 75.1 Å². The number of aromatic nitrogens is 2. The Labute approximate surface area is 201 Å². The number of aryl methyl sites for hydroxylation is 2. The number of urea groups is 1. The summed E-state index contributed by atoms with van der Waals surface area (Å²) in [6.45, 7) is 5.89. The minimum absolute atomic E-state index is 0.0241. The minimum Gasteiger partial charge on any atom is -0.361 e. The van der Waals surface area contributed by atoms with E-state index in [0.717, 1.165) is 68.7 Å². The summed E-state index contributed by atoms with van der Waals surface area (Å²) < 4.78 is 7.26. The number of fused-ring (bicyclic) bond motifs is 1. The Morgan fingerprint density at radius 2 is 2.09 bits per heavy atom. The van der Waals surface area contributed by atoms with Crippen molar-refractivity contribution in [3.8, 4) is 0 Å². The van der Waals surface area contributed by atoms with Gasteiger partial charge in [-0.05, 0) is 51.8 Å². The highest BCUT2D eigenvalue weighted by molar-refractivity contribution is 8.00. The second-order valence-electron chi connectivity index (χ2n) is 8.41. The molecule has 1 aromatic carbocycles. The van der Waals surface area contributed by atoms with Gasteiger partial charge in [-0.1, -0.05) is 29.8 Å². The van der Waals surface area contributed by atoms with Crippen molar-refractivity contribution < 1.29 is 14.1 Å². The van der Waals surface area contributed by atoms with Gasteiger partial charge >= 0.3 is 6.03 Å². The lowest BCUT2D eigenvalue weighted by atomic mass is 10.0. The van der Waals surface area contributed by atoms with Gasteiger partial charge in [0.15, 0.2) is 4.34 Å². The minimum atomic E-state index is -0.0871. The number of carbonyl (C=O) groups is 2. The molecule has 2 aromatic heterocycles. The number of thioether (sulfide) groups is 1. The Kier molecular flexibility index (Phi) is 7.54. The van der Waals surface area contributed by atoms with Crippen LogP contribution in [0, 0.1) is 13.8 Å². The molecule has 2 atom stereocenters. The van der Waals surface area contributed by atoms with Crippen molar-refractivity contribution in [3.63, 3.8) is 0 Å². The van der Waals surface area contributed by atoms with Gasteiger partial charge in [-0.3, -0.25) is 4.79 Å². The molecule has 3 heterocycles. The molecule has 0 bridgehead atoms. The summed E-state index contributed by atoms with van der Waals surface area (Å²) in [6, 6.07) is 6.10. The molecule has 1 aliphatic heterocycles. The van der Waals surface area contributed by atoms with Crippen molar-refractivity contribution in [2.75, 3.05) is 5.32 Å². The van der Waals surface area contributed by atoms with Gasteiger partial charge in [-0.2, -0.15) is 0 Å². The van der Waals surface area contributed by atoms with Crippen LogP contribution in [-0.2, 0) is 10.5 Å². The van der Waals surface area contributed by atoms with Gasteiger partial charge in [0.25, 0.3) is 0 Å². The number of carbonyl (C=O) groups excluding carboxylic acids is 2. The Bertz CT molecular complexity index is 1120. The van der Waals surface area contributed by atoms with E-state index in [-0.39, 0.29) is 24.0 Å². The number of nitrogens with one attached hydrogen (secondary N) is 3. The van der Waals surface area contributed by atoms with E-state index in [2.05, 4.69) is 21.1 Å². The van der Waals surface area contributed by atoms with Gasteiger partial charge in [-0.25, -0.2) is 9.78 Å². The van der Waals surface area contributed by atoms with Crippen molar-refractivity contribution >= 4 is 50.9 Å². The van der Waals surface area contributed by atoms with Gasteiger partial charge < -0.3 is 20.5 Å². The quantitative estimate of drug-likeness (QED) is 0.269. The first-order valence-electron chi connectivity index (χ1n) is 11.2. The van der Waals surface area contributed by atoms with E-state index in [1.165, 1.54) is 0 Å². The summed E-state index contributed by atoms with van der Waals surface area (Å²) in [5, 5.41) is 12.8. The van der Waals surface area contributed by atoms with E-state index >= 15 is 0 Å². The summed E-state index contributed by atoms with van der Waals surface area (Å²) >= 11 is 3.29. The molecule has 3 amide bonds. The third kappa shape index (κ3) is 6.05. The molecule has 1 aliphatic rings. The first kappa shape index (κ1) is 23.6. The summed E-state index contributed by atoms with van der Waals surface area (Å²) in [5.74, 6) is 1.65. The SMILES string of the molecule is Cc1noc(C)c1CSc1nc2ccc(NC(=O)CCCCCC3NC(=O)NC3C)cc2s1. The van der Waals surface area contributed by atoms with E-state index in [4.69, 9.17) is 9.51 Å². The van der Waals surface area contributed by atoms with Crippen molar-refractivity contribution in [1.29, 1.82) is 0 Å². The predicted octanol–water partition coefficient (Wildman–Crippen LogP) is 5.15. The number of anilines is 1. The molecular weight excluding hydrogens is 458 g/mol. The Balaban J connectivity index is 1.22. The van der Waals surface area contributed by atoms with Crippen molar-refractivity contribution in [1.82, 2.24) is 20.8 Å². The van der Waals surface area contributed by atoms with Crippen LogP contribution in [0.1, 0.15) is 56.0 Å². The number of amides is 3. The lowest BCUT2D eigenvalue weighted by Gasteiger charge is -2.13. The zero-order valence-corrected chi connectivity index (χ0v) is 20.7. The number of benzene rings is 1. The van der Waals surface area contributed by atoms with Gasteiger partial charge in [0.05, 0.1) is 22.0 Å². The van der Waals surface area contributed by atoms with Crippen LogP contribution >= 0.6 is 23.1 Å². The second kappa shape index (κ2) is 10.6. The lowest BCUT2D eigenvalue weighted by molar-refractivity contribution is -0.116.